The van der Waals surface area contributed by atoms with Gasteiger partial charge in [0.05, 0.1) is 12.9 Å². The van der Waals surface area contributed by atoms with Crippen molar-refractivity contribution in [3.05, 3.63) is 12.3 Å². The fraction of sp³-hybridized carbons (Fsp3) is 0.833. The lowest BCUT2D eigenvalue weighted by Crippen LogP contribution is -2.16. The van der Waals surface area contributed by atoms with E-state index in [4.69, 9.17) is 4.74 Å². The van der Waals surface area contributed by atoms with Crippen LogP contribution in [0.4, 0.5) is 0 Å². The summed E-state index contributed by atoms with van der Waals surface area (Å²) >= 11 is 0. The van der Waals surface area contributed by atoms with Crippen LogP contribution in [0.25, 0.3) is 0 Å². The first-order valence-corrected chi connectivity index (χ1v) is 5.59. The Hall–Kier alpha value is -0.460. The molecule has 0 amide bonds. The van der Waals surface area contributed by atoms with E-state index in [1.54, 1.807) is 0 Å². The van der Waals surface area contributed by atoms with Crippen molar-refractivity contribution in [1.82, 2.24) is 0 Å². The number of rotatable bonds is 4. The van der Waals surface area contributed by atoms with E-state index < -0.39 is 0 Å². The summed E-state index contributed by atoms with van der Waals surface area (Å²) in [5.41, 5.74) is 0. The molecule has 0 unspecified atom stereocenters. The van der Waals surface area contributed by atoms with Gasteiger partial charge in [-0.15, -0.1) is 0 Å². The predicted molar refractivity (Wildman–Crippen MR) is 56.5 cm³/mol. The lowest BCUT2D eigenvalue weighted by atomic mass is 9.83. The maximum atomic E-state index is 5.47. The Labute approximate surface area is 82.2 Å². The number of hydrogen-bond donors (Lipinski definition) is 0. The van der Waals surface area contributed by atoms with E-state index in [9.17, 15) is 0 Å². The molecule has 1 heteroatoms. The van der Waals surface area contributed by atoms with Crippen LogP contribution >= 0.6 is 0 Å². The Morgan fingerprint density at radius 2 is 1.92 bits per heavy atom. The second-order valence-corrected chi connectivity index (χ2v) is 4.24. The van der Waals surface area contributed by atoms with Crippen molar-refractivity contribution >= 4 is 0 Å². The highest BCUT2D eigenvalue weighted by atomic mass is 16.5. The van der Waals surface area contributed by atoms with Gasteiger partial charge in [-0.2, -0.15) is 0 Å². The SMILES string of the molecule is CCC=COCC1CCC(C)CC1. The molecule has 76 valence electrons. The molecule has 0 aromatic rings. The smallest absolute Gasteiger partial charge is 0.0901 e. The molecular formula is C12H22O. The first-order valence-electron chi connectivity index (χ1n) is 5.59. The molecule has 0 N–H and O–H groups in total. The van der Waals surface area contributed by atoms with Crippen LogP contribution < -0.4 is 0 Å². The first kappa shape index (κ1) is 10.6. The van der Waals surface area contributed by atoms with Gasteiger partial charge in [0, 0.05) is 0 Å². The third-order valence-electron chi connectivity index (χ3n) is 2.90. The average molecular weight is 182 g/mol. The van der Waals surface area contributed by atoms with Gasteiger partial charge in [-0.1, -0.05) is 32.8 Å². The molecule has 1 aliphatic rings. The Morgan fingerprint density at radius 1 is 1.23 bits per heavy atom. The molecule has 0 spiro atoms. The summed E-state index contributed by atoms with van der Waals surface area (Å²) in [6, 6.07) is 0. The van der Waals surface area contributed by atoms with Gasteiger partial charge >= 0.3 is 0 Å². The van der Waals surface area contributed by atoms with Crippen LogP contribution in [0.15, 0.2) is 12.3 Å². The van der Waals surface area contributed by atoms with Crippen molar-refractivity contribution in [2.75, 3.05) is 6.61 Å². The second kappa shape index (κ2) is 6.06. The van der Waals surface area contributed by atoms with E-state index in [1.165, 1.54) is 25.7 Å². The zero-order valence-corrected chi connectivity index (χ0v) is 8.96. The van der Waals surface area contributed by atoms with Crippen molar-refractivity contribution in [3.8, 4) is 0 Å². The van der Waals surface area contributed by atoms with E-state index >= 15 is 0 Å². The highest BCUT2D eigenvalue weighted by Crippen LogP contribution is 2.28. The van der Waals surface area contributed by atoms with Crippen LogP contribution in [-0.2, 0) is 4.74 Å². The molecule has 0 bridgehead atoms. The van der Waals surface area contributed by atoms with E-state index in [2.05, 4.69) is 19.9 Å². The van der Waals surface area contributed by atoms with Gasteiger partial charge in [0.25, 0.3) is 0 Å². The highest BCUT2D eigenvalue weighted by Gasteiger charge is 2.17. The van der Waals surface area contributed by atoms with Crippen LogP contribution in [-0.4, -0.2) is 6.61 Å². The van der Waals surface area contributed by atoms with Crippen molar-refractivity contribution in [2.45, 2.75) is 46.0 Å². The van der Waals surface area contributed by atoms with Crippen molar-refractivity contribution < 1.29 is 4.74 Å². The summed E-state index contributed by atoms with van der Waals surface area (Å²) in [4.78, 5) is 0. The maximum absolute atomic E-state index is 5.47. The molecule has 0 aromatic carbocycles. The van der Waals surface area contributed by atoms with Crippen molar-refractivity contribution in [2.24, 2.45) is 11.8 Å². The van der Waals surface area contributed by atoms with Crippen LogP contribution in [0.1, 0.15) is 46.0 Å². The summed E-state index contributed by atoms with van der Waals surface area (Å²) < 4.78 is 5.47. The zero-order valence-electron chi connectivity index (χ0n) is 8.96. The minimum atomic E-state index is 0.817. The highest BCUT2D eigenvalue weighted by molar-refractivity contribution is 4.73. The van der Waals surface area contributed by atoms with E-state index in [-0.39, 0.29) is 0 Å². The summed E-state index contributed by atoms with van der Waals surface area (Å²) in [5.74, 6) is 1.76. The van der Waals surface area contributed by atoms with E-state index in [1.807, 2.05) is 6.26 Å². The molecule has 13 heavy (non-hydrogen) atoms. The predicted octanol–water partition coefficient (Wildman–Crippen LogP) is 3.75. The molecule has 0 aliphatic heterocycles. The molecule has 0 atom stereocenters. The van der Waals surface area contributed by atoms with E-state index in [0.717, 1.165) is 24.9 Å². The monoisotopic (exact) mass is 182 g/mol. The number of ether oxygens (including phenoxy) is 1. The molecule has 0 saturated heterocycles. The van der Waals surface area contributed by atoms with Crippen LogP contribution in [0.2, 0.25) is 0 Å². The third kappa shape index (κ3) is 4.35. The Balaban J connectivity index is 2.05. The van der Waals surface area contributed by atoms with Gasteiger partial charge in [0.15, 0.2) is 0 Å². The maximum Gasteiger partial charge on any atom is 0.0901 e. The van der Waals surface area contributed by atoms with Gasteiger partial charge < -0.3 is 4.74 Å². The third-order valence-corrected chi connectivity index (χ3v) is 2.90. The van der Waals surface area contributed by atoms with Gasteiger partial charge in [0.2, 0.25) is 0 Å². The molecular weight excluding hydrogens is 160 g/mol. The topological polar surface area (TPSA) is 9.23 Å². The van der Waals surface area contributed by atoms with Gasteiger partial charge in [0.1, 0.15) is 0 Å². The minimum absolute atomic E-state index is 0.817. The van der Waals surface area contributed by atoms with Gasteiger partial charge in [-0.3, -0.25) is 0 Å². The quantitative estimate of drug-likeness (QED) is 0.602. The number of allylic oxidation sites excluding steroid dienone is 1. The molecule has 1 fully saturated rings. The van der Waals surface area contributed by atoms with Crippen LogP contribution in [0.5, 0.6) is 0 Å². The average Bonchev–Trinajstić information content (AvgIpc) is 2.15. The molecule has 1 saturated carbocycles. The Kier molecular flexibility index (Phi) is 4.95. The fourth-order valence-electron chi connectivity index (χ4n) is 1.85. The van der Waals surface area contributed by atoms with Crippen molar-refractivity contribution in [1.29, 1.82) is 0 Å². The number of hydrogen-bond acceptors (Lipinski definition) is 1. The summed E-state index contributed by atoms with van der Waals surface area (Å²) in [6.45, 7) is 5.42. The normalized spacial score (nSPS) is 29.4. The second-order valence-electron chi connectivity index (χ2n) is 4.24. The zero-order chi connectivity index (χ0) is 9.52. The summed E-state index contributed by atoms with van der Waals surface area (Å²) in [7, 11) is 0. The lowest BCUT2D eigenvalue weighted by Gasteiger charge is -2.25. The van der Waals surface area contributed by atoms with Gasteiger partial charge in [-0.05, 0) is 31.1 Å². The minimum Gasteiger partial charge on any atom is -0.501 e. The Morgan fingerprint density at radius 3 is 2.54 bits per heavy atom. The molecule has 1 nitrogen and oxygen atoms in total. The largest absolute Gasteiger partial charge is 0.501 e. The summed E-state index contributed by atoms with van der Waals surface area (Å²) in [5, 5.41) is 0. The molecule has 1 aliphatic carbocycles. The lowest BCUT2D eigenvalue weighted by molar-refractivity contribution is 0.151. The molecule has 1 rings (SSSR count). The molecule has 0 heterocycles. The van der Waals surface area contributed by atoms with Crippen LogP contribution in [0.3, 0.4) is 0 Å². The molecule has 0 radical (unpaired) electrons. The fourth-order valence-corrected chi connectivity index (χ4v) is 1.85. The summed E-state index contributed by atoms with van der Waals surface area (Å²) in [6.07, 6.45) is 10.5. The standard InChI is InChI=1S/C12H22O/c1-3-4-9-13-10-12-7-5-11(2)6-8-12/h4,9,11-12H,3,5-8,10H2,1-2H3. The Bertz CT molecular complexity index is 143. The van der Waals surface area contributed by atoms with Gasteiger partial charge in [-0.25, -0.2) is 0 Å². The van der Waals surface area contributed by atoms with E-state index in [0.29, 0.717) is 0 Å². The van der Waals surface area contributed by atoms with Crippen molar-refractivity contribution in [3.63, 3.8) is 0 Å². The van der Waals surface area contributed by atoms with Crippen LogP contribution in [0, 0.1) is 11.8 Å². The first-order chi connectivity index (χ1) is 6.33. The molecule has 0 aromatic heterocycles.